The summed E-state index contributed by atoms with van der Waals surface area (Å²) >= 11 is 6.46. The number of carbonyl (C=O) groups is 1. The van der Waals surface area contributed by atoms with Gasteiger partial charge in [0.2, 0.25) is 5.91 Å². The van der Waals surface area contributed by atoms with Crippen molar-refractivity contribution in [3.63, 3.8) is 0 Å². The molecule has 2 aliphatic rings. The Labute approximate surface area is 112 Å². The predicted molar refractivity (Wildman–Crippen MR) is 71.1 cm³/mol. The number of likely N-dealkylation sites (N-methyl/N-ethyl adjacent to an activating group) is 1. The van der Waals surface area contributed by atoms with Gasteiger partial charge in [-0.15, -0.1) is 11.6 Å². The van der Waals surface area contributed by atoms with Gasteiger partial charge in [0, 0.05) is 19.3 Å². The molecule has 0 radical (unpaired) electrons. The van der Waals surface area contributed by atoms with Crippen molar-refractivity contribution in [2.75, 3.05) is 18.6 Å². The minimum atomic E-state index is -0.112. The summed E-state index contributed by atoms with van der Waals surface area (Å²) in [6.45, 7) is 0.806. The molecule has 96 valence electrons. The van der Waals surface area contributed by atoms with Crippen molar-refractivity contribution in [3.8, 4) is 0 Å². The van der Waals surface area contributed by atoms with Crippen molar-refractivity contribution in [1.82, 2.24) is 0 Å². The number of ether oxygens (including phenoxy) is 1. The molecule has 0 saturated carbocycles. The lowest BCUT2D eigenvalue weighted by atomic mass is 10.0. The summed E-state index contributed by atoms with van der Waals surface area (Å²) in [7, 11) is 1.81. The predicted octanol–water partition coefficient (Wildman–Crippen LogP) is 2.66. The van der Waals surface area contributed by atoms with Crippen molar-refractivity contribution >= 4 is 23.2 Å². The second-order valence-electron chi connectivity index (χ2n) is 4.97. The van der Waals surface area contributed by atoms with Gasteiger partial charge in [0.1, 0.15) is 0 Å². The van der Waals surface area contributed by atoms with Gasteiger partial charge in [0.25, 0.3) is 0 Å². The van der Waals surface area contributed by atoms with Crippen molar-refractivity contribution in [1.29, 1.82) is 0 Å². The number of hydrogen-bond donors (Lipinski definition) is 0. The summed E-state index contributed by atoms with van der Waals surface area (Å²) in [5, 5.41) is -0.112. The Morgan fingerprint density at radius 2 is 2.33 bits per heavy atom. The van der Waals surface area contributed by atoms with Crippen molar-refractivity contribution in [2.45, 2.75) is 30.7 Å². The van der Waals surface area contributed by atoms with Crippen LogP contribution in [0.25, 0.3) is 0 Å². The number of rotatable bonds is 2. The number of halogens is 1. The molecule has 1 aromatic carbocycles. The van der Waals surface area contributed by atoms with Crippen LogP contribution in [0.5, 0.6) is 0 Å². The number of amides is 1. The quantitative estimate of drug-likeness (QED) is 0.770. The van der Waals surface area contributed by atoms with E-state index in [-0.39, 0.29) is 17.4 Å². The molecule has 0 bridgehead atoms. The highest BCUT2D eigenvalue weighted by Gasteiger charge is 2.28. The lowest BCUT2D eigenvalue weighted by molar-refractivity contribution is -0.117. The van der Waals surface area contributed by atoms with Gasteiger partial charge < -0.3 is 9.64 Å². The third kappa shape index (κ3) is 1.91. The highest BCUT2D eigenvalue weighted by molar-refractivity contribution is 6.21. The average Bonchev–Trinajstić information content (AvgIpc) is 2.98. The molecule has 0 N–H and O–H groups in total. The maximum absolute atomic E-state index is 11.6. The molecule has 0 spiro atoms. The standard InChI is InChI=1S/C14H16ClNO2/c1-16-11-5-4-9(7-10(11)8-13(16)17)14(15)12-3-2-6-18-12/h4-5,7,12,14H,2-3,6,8H2,1H3. The first-order chi connectivity index (χ1) is 8.66. The van der Waals surface area contributed by atoms with Gasteiger partial charge >= 0.3 is 0 Å². The zero-order valence-electron chi connectivity index (χ0n) is 10.4. The van der Waals surface area contributed by atoms with Crippen LogP contribution in [0.2, 0.25) is 0 Å². The Morgan fingerprint density at radius 3 is 3.06 bits per heavy atom. The summed E-state index contributed by atoms with van der Waals surface area (Å²) in [5.41, 5.74) is 3.13. The summed E-state index contributed by atoms with van der Waals surface area (Å²) in [4.78, 5) is 13.3. The number of fused-ring (bicyclic) bond motifs is 1. The van der Waals surface area contributed by atoms with Gasteiger partial charge in [-0.25, -0.2) is 0 Å². The van der Waals surface area contributed by atoms with Crippen molar-refractivity contribution in [2.24, 2.45) is 0 Å². The minimum Gasteiger partial charge on any atom is -0.376 e. The fourth-order valence-corrected chi connectivity index (χ4v) is 3.04. The summed E-state index contributed by atoms with van der Waals surface area (Å²) in [5.74, 6) is 0.144. The fourth-order valence-electron chi connectivity index (χ4n) is 2.71. The lowest BCUT2D eigenvalue weighted by Gasteiger charge is -2.18. The molecule has 2 aliphatic heterocycles. The van der Waals surface area contributed by atoms with Crippen LogP contribution in [0.1, 0.15) is 29.3 Å². The number of nitrogens with zero attached hydrogens (tertiary/aromatic N) is 1. The molecule has 1 saturated heterocycles. The molecular weight excluding hydrogens is 250 g/mol. The summed E-state index contributed by atoms with van der Waals surface area (Å²) in [6.07, 6.45) is 2.69. The highest BCUT2D eigenvalue weighted by Crippen LogP contribution is 2.36. The van der Waals surface area contributed by atoms with Gasteiger partial charge in [0.05, 0.1) is 17.9 Å². The molecule has 0 aromatic heterocycles. The van der Waals surface area contributed by atoms with Crippen LogP contribution < -0.4 is 4.90 Å². The molecule has 4 heteroatoms. The normalized spacial score (nSPS) is 24.4. The molecule has 1 aromatic rings. The Bertz CT molecular complexity index is 483. The molecule has 2 unspecified atom stereocenters. The van der Waals surface area contributed by atoms with Crippen LogP contribution in [0.3, 0.4) is 0 Å². The monoisotopic (exact) mass is 265 g/mol. The van der Waals surface area contributed by atoms with E-state index in [9.17, 15) is 4.79 Å². The van der Waals surface area contributed by atoms with Gasteiger partial charge in [-0.2, -0.15) is 0 Å². The van der Waals surface area contributed by atoms with Gasteiger partial charge in [-0.3, -0.25) is 4.79 Å². The number of benzene rings is 1. The van der Waals surface area contributed by atoms with E-state index in [1.807, 2.05) is 19.2 Å². The summed E-state index contributed by atoms with van der Waals surface area (Å²) in [6, 6.07) is 6.04. The molecule has 1 fully saturated rings. The number of alkyl halides is 1. The second kappa shape index (κ2) is 4.56. The van der Waals surface area contributed by atoms with E-state index in [1.54, 1.807) is 4.90 Å². The van der Waals surface area contributed by atoms with Gasteiger partial charge in [-0.1, -0.05) is 12.1 Å². The Hall–Kier alpha value is -1.06. The van der Waals surface area contributed by atoms with E-state index >= 15 is 0 Å². The first kappa shape index (κ1) is 12.0. The smallest absolute Gasteiger partial charge is 0.231 e. The van der Waals surface area contributed by atoms with Gasteiger partial charge in [-0.05, 0) is 30.0 Å². The molecule has 18 heavy (non-hydrogen) atoms. The Kier molecular flexibility index (Phi) is 3.04. The first-order valence-corrected chi connectivity index (χ1v) is 6.75. The molecule has 3 rings (SSSR count). The first-order valence-electron chi connectivity index (χ1n) is 6.32. The van der Waals surface area contributed by atoms with E-state index in [0.29, 0.717) is 6.42 Å². The van der Waals surface area contributed by atoms with E-state index in [1.165, 1.54) is 0 Å². The maximum Gasteiger partial charge on any atom is 0.231 e. The zero-order valence-corrected chi connectivity index (χ0v) is 11.1. The minimum absolute atomic E-state index is 0.111. The maximum atomic E-state index is 11.6. The molecular formula is C14H16ClNO2. The van der Waals surface area contributed by atoms with Crippen LogP contribution >= 0.6 is 11.6 Å². The van der Waals surface area contributed by atoms with Crippen LogP contribution in [0.15, 0.2) is 18.2 Å². The van der Waals surface area contributed by atoms with E-state index in [0.717, 1.165) is 36.3 Å². The van der Waals surface area contributed by atoms with Crippen LogP contribution in [0.4, 0.5) is 5.69 Å². The molecule has 2 heterocycles. The zero-order chi connectivity index (χ0) is 12.7. The molecule has 0 aliphatic carbocycles. The molecule has 2 atom stereocenters. The van der Waals surface area contributed by atoms with E-state index in [4.69, 9.17) is 16.3 Å². The fraction of sp³-hybridized carbons (Fsp3) is 0.500. The van der Waals surface area contributed by atoms with Crippen LogP contribution in [-0.4, -0.2) is 25.7 Å². The highest BCUT2D eigenvalue weighted by atomic mass is 35.5. The van der Waals surface area contributed by atoms with E-state index < -0.39 is 0 Å². The van der Waals surface area contributed by atoms with E-state index in [2.05, 4.69) is 6.07 Å². The molecule has 1 amide bonds. The average molecular weight is 266 g/mol. The number of hydrogen-bond acceptors (Lipinski definition) is 2. The third-order valence-electron chi connectivity index (χ3n) is 3.79. The third-order valence-corrected chi connectivity index (χ3v) is 4.32. The van der Waals surface area contributed by atoms with Gasteiger partial charge in [0.15, 0.2) is 0 Å². The lowest BCUT2D eigenvalue weighted by Crippen LogP contribution is -2.20. The number of carbonyl (C=O) groups excluding carboxylic acids is 1. The van der Waals surface area contributed by atoms with Crippen molar-refractivity contribution < 1.29 is 9.53 Å². The Balaban J connectivity index is 1.87. The second-order valence-corrected chi connectivity index (χ2v) is 5.44. The SMILES string of the molecule is CN1C(=O)Cc2cc(C(Cl)C3CCCO3)ccc21. The Morgan fingerprint density at radius 1 is 1.50 bits per heavy atom. The topological polar surface area (TPSA) is 29.5 Å². The summed E-state index contributed by atoms with van der Waals surface area (Å²) < 4.78 is 5.62. The largest absolute Gasteiger partial charge is 0.376 e. The van der Waals surface area contributed by atoms with Crippen molar-refractivity contribution in [3.05, 3.63) is 29.3 Å². The van der Waals surface area contributed by atoms with Crippen LogP contribution in [-0.2, 0) is 16.0 Å². The number of anilines is 1. The van der Waals surface area contributed by atoms with Crippen LogP contribution in [0, 0.1) is 0 Å². The molecule has 3 nitrogen and oxygen atoms in total.